The molecule has 2 aromatic carbocycles. The average Bonchev–Trinajstić information content (AvgIpc) is 3.11. The second kappa shape index (κ2) is 9.30. The van der Waals surface area contributed by atoms with Crippen molar-refractivity contribution in [3.05, 3.63) is 64.7 Å². The zero-order chi connectivity index (χ0) is 20.1. The van der Waals surface area contributed by atoms with E-state index in [0.717, 1.165) is 22.2 Å². The highest BCUT2D eigenvalue weighted by molar-refractivity contribution is 7.98. The first kappa shape index (κ1) is 20.5. The summed E-state index contributed by atoms with van der Waals surface area (Å²) >= 11 is 7.66. The third kappa shape index (κ3) is 4.77. The molecular weight excluding hydrogens is 401 g/mol. The van der Waals surface area contributed by atoms with E-state index in [0.29, 0.717) is 18.1 Å². The number of halogens is 2. The van der Waals surface area contributed by atoms with Gasteiger partial charge in [-0.25, -0.2) is 4.39 Å². The number of rotatable bonds is 8. The topological polar surface area (TPSA) is 49.2 Å². The third-order valence-corrected chi connectivity index (χ3v) is 5.46. The van der Waals surface area contributed by atoms with Crippen LogP contribution in [0.25, 0.3) is 0 Å². The second-order valence-corrected chi connectivity index (χ2v) is 7.41. The molecule has 0 N–H and O–H groups in total. The lowest BCUT2D eigenvalue weighted by atomic mass is 10.2. The summed E-state index contributed by atoms with van der Waals surface area (Å²) in [6.45, 7) is 4.60. The summed E-state index contributed by atoms with van der Waals surface area (Å²) in [7, 11) is 1.65. The van der Waals surface area contributed by atoms with Crippen LogP contribution in [0.3, 0.4) is 0 Å². The van der Waals surface area contributed by atoms with E-state index in [2.05, 4.69) is 10.2 Å². The van der Waals surface area contributed by atoms with Gasteiger partial charge in [0.25, 0.3) is 0 Å². The van der Waals surface area contributed by atoms with Crippen molar-refractivity contribution in [3.8, 4) is 11.5 Å². The lowest BCUT2D eigenvalue weighted by Gasteiger charge is -2.16. The Morgan fingerprint density at radius 2 is 2.04 bits per heavy atom. The van der Waals surface area contributed by atoms with Crippen LogP contribution >= 0.6 is 23.4 Å². The van der Waals surface area contributed by atoms with E-state index < -0.39 is 5.82 Å². The first-order valence-electron chi connectivity index (χ1n) is 8.82. The molecule has 8 heteroatoms. The Kier molecular flexibility index (Phi) is 6.80. The predicted octanol–water partition coefficient (Wildman–Crippen LogP) is 5.53. The van der Waals surface area contributed by atoms with Crippen LogP contribution in [0, 0.1) is 5.82 Å². The summed E-state index contributed by atoms with van der Waals surface area (Å²) in [5.41, 5.74) is 1.14. The summed E-state index contributed by atoms with van der Waals surface area (Å²) in [6.07, 6.45) is -0.387. The fraction of sp³-hybridized carbons (Fsp3) is 0.300. The van der Waals surface area contributed by atoms with Crippen LogP contribution in [0.4, 0.5) is 4.39 Å². The molecule has 1 aromatic heterocycles. The molecule has 0 aliphatic heterocycles. The monoisotopic (exact) mass is 421 g/mol. The molecule has 0 radical (unpaired) electrons. The maximum absolute atomic E-state index is 13.2. The highest BCUT2D eigenvalue weighted by Crippen LogP contribution is 2.31. The van der Waals surface area contributed by atoms with Gasteiger partial charge in [0.2, 0.25) is 0 Å². The normalized spacial score (nSPS) is 12.0. The van der Waals surface area contributed by atoms with Crippen molar-refractivity contribution in [2.75, 3.05) is 7.11 Å². The molecule has 1 atom stereocenters. The number of benzene rings is 2. The van der Waals surface area contributed by atoms with Crippen molar-refractivity contribution in [3.63, 3.8) is 0 Å². The first-order chi connectivity index (χ1) is 13.5. The van der Waals surface area contributed by atoms with Crippen LogP contribution in [0.5, 0.6) is 11.5 Å². The van der Waals surface area contributed by atoms with Gasteiger partial charge in [0.05, 0.1) is 12.1 Å². The Morgan fingerprint density at radius 1 is 1.21 bits per heavy atom. The number of aromatic nitrogens is 3. The fourth-order valence-corrected chi connectivity index (χ4v) is 3.89. The predicted molar refractivity (Wildman–Crippen MR) is 109 cm³/mol. The summed E-state index contributed by atoms with van der Waals surface area (Å²) in [4.78, 5) is 0. The highest BCUT2D eigenvalue weighted by atomic mass is 35.5. The quantitative estimate of drug-likeness (QED) is 0.447. The molecule has 0 aliphatic carbocycles. The molecule has 148 valence electrons. The van der Waals surface area contributed by atoms with E-state index in [9.17, 15) is 4.39 Å². The number of thioether (sulfide) groups is 1. The molecule has 5 nitrogen and oxygen atoms in total. The molecule has 0 amide bonds. The molecule has 3 rings (SSSR count). The van der Waals surface area contributed by atoms with E-state index in [1.807, 2.05) is 42.7 Å². The number of hydrogen-bond acceptors (Lipinski definition) is 5. The minimum absolute atomic E-state index is 0.224. The van der Waals surface area contributed by atoms with Crippen LogP contribution in [0.15, 0.2) is 47.6 Å². The van der Waals surface area contributed by atoms with Crippen LogP contribution in [-0.4, -0.2) is 21.9 Å². The summed E-state index contributed by atoms with van der Waals surface area (Å²) in [6, 6.07) is 12.0. The molecule has 1 unspecified atom stereocenters. The van der Waals surface area contributed by atoms with Gasteiger partial charge in [-0.1, -0.05) is 35.5 Å². The van der Waals surface area contributed by atoms with Gasteiger partial charge in [-0.05, 0) is 49.7 Å². The zero-order valence-corrected chi connectivity index (χ0v) is 17.4. The molecule has 0 fully saturated rings. The molecule has 28 heavy (non-hydrogen) atoms. The lowest BCUT2D eigenvalue weighted by molar-refractivity contribution is 0.210. The van der Waals surface area contributed by atoms with Gasteiger partial charge in [-0.2, -0.15) is 0 Å². The van der Waals surface area contributed by atoms with Gasteiger partial charge in [0, 0.05) is 12.3 Å². The van der Waals surface area contributed by atoms with Gasteiger partial charge in [0.1, 0.15) is 17.3 Å². The van der Waals surface area contributed by atoms with Crippen molar-refractivity contribution in [2.24, 2.45) is 0 Å². The van der Waals surface area contributed by atoms with Gasteiger partial charge < -0.3 is 14.0 Å². The standard InChI is InChI=1S/C20H21ClFN3O2S/c1-4-25-19(13(2)27-18-9-8-15(22)11-17(18)21)23-24-20(25)28-12-14-6-5-7-16(10-14)26-3/h5-11,13H,4,12H2,1-3H3. The highest BCUT2D eigenvalue weighted by Gasteiger charge is 2.20. The number of methoxy groups -OCH3 is 1. The minimum Gasteiger partial charge on any atom is -0.497 e. The maximum atomic E-state index is 13.2. The third-order valence-electron chi connectivity index (χ3n) is 4.13. The van der Waals surface area contributed by atoms with E-state index in [4.69, 9.17) is 21.1 Å². The summed E-state index contributed by atoms with van der Waals surface area (Å²) in [5, 5.41) is 9.65. The van der Waals surface area contributed by atoms with E-state index in [1.165, 1.54) is 18.2 Å². The SMILES string of the molecule is CCn1c(SCc2cccc(OC)c2)nnc1C(C)Oc1ccc(F)cc1Cl. The number of hydrogen-bond donors (Lipinski definition) is 0. The molecule has 3 aromatic rings. The van der Waals surface area contributed by atoms with Crippen molar-refractivity contribution in [1.29, 1.82) is 0 Å². The Bertz CT molecular complexity index is 951. The summed E-state index contributed by atoms with van der Waals surface area (Å²) in [5.74, 6) is 2.27. The van der Waals surface area contributed by atoms with E-state index in [1.54, 1.807) is 18.9 Å². The number of ether oxygens (including phenoxy) is 2. The second-order valence-electron chi connectivity index (χ2n) is 6.06. The van der Waals surface area contributed by atoms with Crippen LogP contribution in [0.1, 0.15) is 31.3 Å². The Labute approximate surface area is 172 Å². The van der Waals surface area contributed by atoms with Gasteiger partial charge in [-0.3, -0.25) is 0 Å². The van der Waals surface area contributed by atoms with Crippen molar-refractivity contribution in [1.82, 2.24) is 14.8 Å². The van der Waals surface area contributed by atoms with Crippen LogP contribution in [-0.2, 0) is 12.3 Å². The zero-order valence-electron chi connectivity index (χ0n) is 15.9. The molecular formula is C20H21ClFN3O2S. The summed E-state index contributed by atoms with van der Waals surface area (Å²) < 4.78 is 26.4. The van der Waals surface area contributed by atoms with Crippen LogP contribution in [0.2, 0.25) is 5.02 Å². The Balaban J connectivity index is 1.73. The van der Waals surface area contributed by atoms with Crippen molar-refractivity contribution >= 4 is 23.4 Å². The molecule has 0 aliphatic rings. The maximum Gasteiger partial charge on any atom is 0.191 e. The molecule has 0 spiro atoms. The Hall–Kier alpha value is -2.25. The van der Waals surface area contributed by atoms with Crippen LogP contribution < -0.4 is 9.47 Å². The van der Waals surface area contributed by atoms with Gasteiger partial charge >= 0.3 is 0 Å². The Morgan fingerprint density at radius 3 is 2.75 bits per heavy atom. The first-order valence-corrected chi connectivity index (χ1v) is 10.2. The largest absolute Gasteiger partial charge is 0.497 e. The fourth-order valence-electron chi connectivity index (χ4n) is 2.73. The van der Waals surface area contributed by atoms with E-state index >= 15 is 0 Å². The van der Waals surface area contributed by atoms with Gasteiger partial charge in [-0.15, -0.1) is 10.2 Å². The molecule has 1 heterocycles. The molecule has 0 saturated heterocycles. The smallest absolute Gasteiger partial charge is 0.191 e. The number of nitrogens with zero attached hydrogens (tertiary/aromatic N) is 3. The van der Waals surface area contributed by atoms with E-state index in [-0.39, 0.29) is 11.1 Å². The molecule has 0 bridgehead atoms. The lowest BCUT2D eigenvalue weighted by Crippen LogP contribution is -2.12. The minimum atomic E-state index is -0.405. The van der Waals surface area contributed by atoms with Crippen molar-refractivity contribution in [2.45, 2.75) is 37.4 Å². The average molecular weight is 422 g/mol. The van der Waals surface area contributed by atoms with Gasteiger partial charge in [0.15, 0.2) is 17.1 Å². The van der Waals surface area contributed by atoms with Crippen molar-refractivity contribution < 1.29 is 13.9 Å². The molecule has 0 saturated carbocycles.